The maximum Gasteiger partial charge on any atom is 0.573 e. The van der Waals surface area contributed by atoms with E-state index in [2.05, 4.69) is 9.72 Å². The van der Waals surface area contributed by atoms with Crippen LogP contribution in [0.25, 0.3) is 11.1 Å². The quantitative estimate of drug-likeness (QED) is 0.869. The highest BCUT2D eigenvalue weighted by Gasteiger charge is 2.31. The van der Waals surface area contributed by atoms with Crippen LogP contribution in [0.2, 0.25) is 0 Å². The summed E-state index contributed by atoms with van der Waals surface area (Å²) in [6, 6.07) is 6.97. The maximum absolute atomic E-state index is 12.3. The summed E-state index contributed by atoms with van der Waals surface area (Å²) in [6.07, 6.45) is -1.92. The van der Waals surface area contributed by atoms with Crippen molar-refractivity contribution in [2.45, 2.75) is 6.36 Å². The van der Waals surface area contributed by atoms with Crippen LogP contribution >= 0.6 is 0 Å². The first kappa shape index (κ1) is 14.7. The van der Waals surface area contributed by atoms with Gasteiger partial charge in [0.15, 0.2) is 0 Å². The average Bonchev–Trinajstić information content (AvgIpc) is 2.45. The second-order valence-corrected chi connectivity index (χ2v) is 3.98. The summed E-state index contributed by atoms with van der Waals surface area (Å²) in [5, 5.41) is 9.07. The molecule has 0 bridgehead atoms. The number of rotatable bonds is 3. The molecule has 21 heavy (non-hydrogen) atoms. The molecule has 4 nitrogen and oxygen atoms in total. The molecule has 0 amide bonds. The Morgan fingerprint density at radius 1 is 1.14 bits per heavy atom. The van der Waals surface area contributed by atoms with E-state index < -0.39 is 12.1 Å². The van der Waals surface area contributed by atoms with Crippen LogP contribution in [-0.4, -0.2) is 18.5 Å². The fourth-order valence-electron chi connectivity index (χ4n) is 1.73. The van der Waals surface area contributed by atoms with Crippen LogP contribution in [0.1, 0.15) is 5.56 Å². The molecule has 1 aromatic carbocycles. The van der Waals surface area contributed by atoms with E-state index in [0.717, 1.165) is 12.1 Å². The van der Waals surface area contributed by atoms with Gasteiger partial charge in [0.25, 0.3) is 0 Å². The zero-order valence-electron chi connectivity index (χ0n) is 10.8. The highest BCUT2D eigenvalue weighted by Crippen LogP contribution is 2.31. The summed E-state index contributed by atoms with van der Waals surface area (Å²) in [7, 11) is 1.44. The van der Waals surface area contributed by atoms with Gasteiger partial charge in [0.1, 0.15) is 11.5 Å². The van der Waals surface area contributed by atoms with E-state index >= 15 is 0 Å². The van der Waals surface area contributed by atoms with Gasteiger partial charge in [-0.1, -0.05) is 0 Å². The van der Waals surface area contributed by atoms with Gasteiger partial charge in [0.05, 0.1) is 24.9 Å². The number of pyridine rings is 1. The molecule has 0 atom stereocenters. The number of ether oxygens (including phenoxy) is 2. The van der Waals surface area contributed by atoms with Gasteiger partial charge >= 0.3 is 6.36 Å². The lowest BCUT2D eigenvalue weighted by atomic mass is 10.0. The molecule has 0 aliphatic rings. The Morgan fingerprint density at radius 3 is 2.52 bits per heavy atom. The number of aromatic nitrogens is 1. The van der Waals surface area contributed by atoms with Crippen molar-refractivity contribution >= 4 is 0 Å². The van der Waals surface area contributed by atoms with Gasteiger partial charge < -0.3 is 9.47 Å². The summed E-state index contributed by atoms with van der Waals surface area (Å²) in [5.41, 5.74) is 0.948. The number of hydrogen-bond donors (Lipinski definition) is 0. The molecule has 2 rings (SSSR count). The van der Waals surface area contributed by atoms with Crippen LogP contribution in [0.15, 0.2) is 36.7 Å². The highest BCUT2D eigenvalue weighted by atomic mass is 19.4. The molecule has 1 aromatic heterocycles. The van der Waals surface area contributed by atoms with E-state index in [-0.39, 0.29) is 11.1 Å². The molecule has 0 fully saturated rings. The normalized spacial score (nSPS) is 10.8. The van der Waals surface area contributed by atoms with Crippen LogP contribution < -0.4 is 9.47 Å². The standard InChI is InChI=1S/C14H9F3N2O2/c1-20-12-4-10(7-19-8-12)13-5-11(21-14(15,16)17)3-2-9(13)6-18/h2-5,7-8H,1H3. The Labute approximate surface area is 118 Å². The van der Waals surface area contributed by atoms with Gasteiger partial charge in [-0.05, 0) is 24.3 Å². The fourth-order valence-corrected chi connectivity index (χ4v) is 1.73. The summed E-state index contributed by atoms with van der Waals surface area (Å²) in [4.78, 5) is 3.91. The zero-order chi connectivity index (χ0) is 15.5. The van der Waals surface area contributed by atoms with E-state index in [1.807, 2.05) is 6.07 Å². The summed E-state index contributed by atoms with van der Waals surface area (Å²) in [6.45, 7) is 0. The lowest BCUT2D eigenvalue weighted by molar-refractivity contribution is -0.274. The molecule has 0 N–H and O–H groups in total. The molecule has 0 aliphatic carbocycles. The number of hydrogen-bond acceptors (Lipinski definition) is 4. The minimum absolute atomic E-state index is 0.208. The van der Waals surface area contributed by atoms with Gasteiger partial charge in [-0.25, -0.2) is 0 Å². The predicted molar refractivity (Wildman–Crippen MR) is 67.6 cm³/mol. The van der Waals surface area contributed by atoms with Crippen molar-refractivity contribution in [3.05, 3.63) is 42.2 Å². The van der Waals surface area contributed by atoms with Crippen molar-refractivity contribution in [2.24, 2.45) is 0 Å². The Balaban J connectivity index is 2.50. The third-order valence-electron chi connectivity index (χ3n) is 2.60. The Kier molecular flexibility index (Phi) is 3.98. The van der Waals surface area contributed by atoms with Crippen LogP contribution in [0.5, 0.6) is 11.5 Å². The van der Waals surface area contributed by atoms with Crippen LogP contribution in [0.3, 0.4) is 0 Å². The third kappa shape index (κ3) is 3.63. The van der Waals surface area contributed by atoms with Gasteiger partial charge in [-0.15, -0.1) is 13.2 Å². The molecular formula is C14H9F3N2O2. The number of alkyl halides is 3. The Hall–Kier alpha value is -2.75. The Bertz CT molecular complexity index is 693. The van der Waals surface area contributed by atoms with E-state index in [0.29, 0.717) is 11.3 Å². The topological polar surface area (TPSA) is 55.1 Å². The zero-order valence-corrected chi connectivity index (χ0v) is 10.8. The number of methoxy groups -OCH3 is 1. The van der Waals surface area contributed by atoms with Crippen LogP contribution in [0, 0.1) is 11.3 Å². The smallest absolute Gasteiger partial charge is 0.495 e. The van der Waals surface area contributed by atoms with Crippen molar-refractivity contribution in [1.82, 2.24) is 4.98 Å². The number of nitrogens with zero attached hydrogens (tertiary/aromatic N) is 2. The SMILES string of the molecule is COc1cncc(-c2cc(OC(F)(F)F)ccc2C#N)c1. The average molecular weight is 294 g/mol. The molecule has 7 heteroatoms. The van der Waals surface area contributed by atoms with Gasteiger partial charge in [-0.2, -0.15) is 5.26 Å². The lowest BCUT2D eigenvalue weighted by Crippen LogP contribution is -2.17. The highest BCUT2D eigenvalue weighted by molar-refractivity contribution is 5.72. The minimum atomic E-state index is -4.79. The van der Waals surface area contributed by atoms with Gasteiger partial charge in [-0.3, -0.25) is 4.98 Å². The summed E-state index contributed by atoms with van der Waals surface area (Å²) in [5.74, 6) is 0.0258. The minimum Gasteiger partial charge on any atom is -0.495 e. The maximum atomic E-state index is 12.3. The van der Waals surface area contributed by atoms with E-state index in [4.69, 9.17) is 10.00 Å². The largest absolute Gasteiger partial charge is 0.573 e. The predicted octanol–water partition coefficient (Wildman–Crippen LogP) is 3.53. The molecular weight excluding hydrogens is 285 g/mol. The van der Waals surface area contributed by atoms with Gasteiger partial charge in [0, 0.05) is 17.3 Å². The molecule has 0 saturated carbocycles. The molecule has 0 radical (unpaired) electrons. The lowest BCUT2D eigenvalue weighted by Gasteiger charge is -2.11. The fraction of sp³-hybridized carbons (Fsp3) is 0.143. The van der Waals surface area contributed by atoms with Gasteiger partial charge in [0.2, 0.25) is 0 Å². The molecule has 0 unspecified atom stereocenters. The van der Waals surface area contributed by atoms with Crippen molar-refractivity contribution in [2.75, 3.05) is 7.11 Å². The first-order chi connectivity index (χ1) is 9.93. The van der Waals surface area contributed by atoms with Crippen molar-refractivity contribution in [3.8, 4) is 28.7 Å². The molecule has 0 spiro atoms. The van der Waals surface area contributed by atoms with E-state index in [1.54, 1.807) is 6.07 Å². The van der Waals surface area contributed by atoms with Crippen molar-refractivity contribution in [1.29, 1.82) is 5.26 Å². The molecule has 0 aliphatic heterocycles. The Morgan fingerprint density at radius 2 is 1.90 bits per heavy atom. The molecule has 108 valence electrons. The van der Waals surface area contributed by atoms with Crippen LogP contribution in [-0.2, 0) is 0 Å². The summed E-state index contributed by atoms with van der Waals surface area (Å²) >= 11 is 0. The molecule has 0 saturated heterocycles. The van der Waals surface area contributed by atoms with E-state index in [1.165, 1.54) is 25.6 Å². The molecule has 1 heterocycles. The first-order valence-corrected chi connectivity index (χ1v) is 5.72. The van der Waals surface area contributed by atoms with Crippen molar-refractivity contribution < 1.29 is 22.6 Å². The van der Waals surface area contributed by atoms with Crippen molar-refractivity contribution in [3.63, 3.8) is 0 Å². The van der Waals surface area contributed by atoms with Crippen LogP contribution in [0.4, 0.5) is 13.2 Å². The second kappa shape index (κ2) is 5.71. The number of benzene rings is 1. The number of nitriles is 1. The molecule has 2 aromatic rings. The summed E-state index contributed by atoms with van der Waals surface area (Å²) < 4.78 is 45.6. The monoisotopic (exact) mass is 294 g/mol. The van der Waals surface area contributed by atoms with E-state index in [9.17, 15) is 13.2 Å². The number of halogens is 3. The first-order valence-electron chi connectivity index (χ1n) is 5.72. The third-order valence-corrected chi connectivity index (χ3v) is 2.60. The second-order valence-electron chi connectivity index (χ2n) is 3.98.